The molecule has 7 heteroatoms. The largest absolute Gasteiger partial charge is 0.457 e. The third-order valence-electron chi connectivity index (χ3n) is 4.70. The van der Waals surface area contributed by atoms with Gasteiger partial charge in [0.1, 0.15) is 17.3 Å². The zero-order valence-corrected chi connectivity index (χ0v) is 16.6. The number of halogens is 3. The van der Waals surface area contributed by atoms with E-state index in [1.807, 2.05) is 6.92 Å². The Morgan fingerprint density at radius 2 is 2.00 bits per heavy atom. The van der Waals surface area contributed by atoms with Crippen molar-refractivity contribution >= 4 is 29.9 Å². The summed E-state index contributed by atoms with van der Waals surface area (Å²) in [4.78, 5) is 14.9. The van der Waals surface area contributed by atoms with Crippen LogP contribution in [0.1, 0.15) is 30.1 Å². The predicted molar refractivity (Wildman–Crippen MR) is 107 cm³/mol. The summed E-state index contributed by atoms with van der Waals surface area (Å²) in [6.45, 7) is 3.28. The van der Waals surface area contributed by atoms with Gasteiger partial charge in [0.2, 0.25) is 0 Å². The minimum Gasteiger partial charge on any atom is -0.457 e. The average molecular weight is 413 g/mol. The lowest BCUT2D eigenvalue weighted by Crippen LogP contribution is -2.45. The smallest absolute Gasteiger partial charge is 0.257 e. The van der Waals surface area contributed by atoms with Gasteiger partial charge >= 0.3 is 0 Å². The quantitative estimate of drug-likeness (QED) is 0.777. The molecule has 27 heavy (non-hydrogen) atoms. The second-order valence-electron chi connectivity index (χ2n) is 6.71. The molecule has 1 amide bonds. The number of likely N-dealkylation sites (tertiary alicyclic amines) is 1. The molecule has 1 fully saturated rings. The summed E-state index contributed by atoms with van der Waals surface area (Å²) in [7, 11) is 0. The van der Waals surface area contributed by atoms with Crippen LogP contribution >= 0.6 is 24.0 Å². The molecule has 2 aromatic rings. The molecule has 1 heterocycles. The highest BCUT2D eigenvalue weighted by atomic mass is 35.5. The molecule has 146 valence electrons. The van der Waals surface area contributed by atoms with Gasteiger partial charge in [-0.1, -0.05) is 11.6 Å². The Labute approximate surface area is 169 Å². The Morgan fingerprint density at radius 3 is 2.67 bits per heavy atom. The van der Waals surface area contributed by atoms with Gasteiger partial charge in [0.25, 0.3) is 5.91 Å². The van der Waals surface area contributed by atoms with Crippen LogP contribution in [0.2, 0.25) is 5.02 Å². The minimum absolute atomic E-state index is 0. The van der Waals surface area contributed by atoms with Crippen LogP contribution in [0.4, 0.5) is 4.39 Å². The minimum atomic E-state index is -0.347. The van der Waals surface area contributed by atoms with E-state index in [0.29, 0.717) is 35.2 Å². The molecule has 2 atom stereocenters. The summed E-state index contributed by atoms with van der Waals surface area (Å²) < 4.78 is 18.9. The first kappa shape index (κ1) is 21.5. The maximum atomic E-state index is 13.1. The van der Waals surface area contributed by atoms with Crippen molar-refractivity contribution in [3.63, 3.8) is 0 Å². The molecule has 3 rings (SSSR count). The van der Waals surface area contributed by atoms with Crippen LogP contribution in [0.15, 0.2) is 42.5 Å². The highest BCUT2D eigenvalue weighted by molar-refractivity contribution is 6.31. The van der Waals surface area contributed by atoms with Gasteiger partial charge in [0.05, 0.1) is 5.56 Å². The highest BCUT2D eigenvalue weighted by Crippen LogP contribution is 2.30. The molecule has 0 aromatic heterocycles. The molecule has 0 bridgehead atoms. The lowest BCUT2D eigenvalue weighted by Gasteiger charge is -2.35. The van der Waals surface area contributed by atoms with Crippen LogP contribution in [0.3, 0.4) is 0 Å². The second kappa shape index (κ2) is 9.40. The molecule has 0 aliphatic carbocycles. The fourth-order valence-corrected chi connectivity index (χ4v) is 3.35. The van der Waals surface area contributed by atoms with E-state index in [-0.39, 0.29) is 36.1 Å². The van der Waals surface area contributed by atoms with Gasteiger partial charge in [-0.15, -0.1) is 12.4 Å². The summed E-state index contributed by atoms with van der Waals surface area (Å²) in [6, 6.07) is 10.6. The van der Waals surface area contributed by atoms with Gasteiger partial charge in [-0.2, -0.15) is 0 Å². The number of nitrogens with zero attached hydrogens (tertiary/aromatic N) is 1. The number of rotatable bonds is 4. The molecule has 0 spiro atoms. The summed E-state index contributed by atoms with van der Waals surface area (Å²) in [6.07, 6.45) is 1.95. The Balaban J connectivity index is 0.00000261. The van der Waals surface area contributed by atoms with Crippen molar-refractivity contribution in [3.05, 3.63) is 58.9 Å². The van der Waals surface area contributed by atoms with Crippen LogP contribution in [0.25, 0.3) is 0 Å². The Morgan fingerprint density at radius 1 is 1.30 bits per heavy atom. The van der Waals surface area contributed by atoms with Gasteiger partial charge < -0.3 is 15.4 Å². The van der Waals surface area contributed by atoms with Crippen molar-refractivity contribution in [1.29, 1.82) is 0 Å². The van der Waals surface area contributed by atoms with Gasteiger partial charge in [-0.3, -0.25) is 4.79 Å². The van der Waals surface area contributed by atoms with Crippen molar-refractivity contribution in [2.45, 2.75) is 25.8 Å². The summed E-state index contributed by atoms with van der Waals surface area (Å²) >= 11 is 6.11. The predicted octanol–water partition coefficient (Wildman–Crippen LogP) is 4.89. The molecule has 0 saturated carbocycles. The van der Waals surface area contributed by atoms with E-state index in [2.05, 4.69) is 0 Å². The van der Waals surface area contributed by atoms with E-state index >= 15 is 0 Å². The monoisotopic (exact) mass is 412 g/mol. The first-order chi connectivity index (χ1) is 12.4. The SMILES string of the molecule is CC(N)C1CCCN(C(=O)c2cc(Cl)ccc2Oc2ccc(F)cc2)C1.Cl. The zero-order valence-electron chi connectivity index (χ0n) is 15.0. The number of carbonyl (C=O) groups excluding carboxylic acids is 1. The van der Waals surface area contributed by atoms with Crippen LogP contribution in [-0.4, -0.2) is 29.9 Å². The molecule has 2 aromatic carbocycles. The first-order valence-corrected chi connectivity index (χ1v) is 9.09. The summed E-state index contributed by atoms with van der Waals surface area (Å²) in [5.74, 6) is 0.659. The van der Waals surface area contributed by atoms with Crippen molar-refractivity contribution < 1.29 is 13.9 Å². The fourth-order valence-electron chi connectivity index (χ4n) is 3.18. The Bertz CT molecular complexity index is 784. The summed E-state index contributed by atoms with van der Waals surface area (Å²) in [5.41, 5.74) is 6.42. The number of hydrogen-bond acceptors (Lipinski definition) is 3. The maximum absolute atomic E-state index is 13.1. The van der Waals surface area contributed by atoms with Crippen molar-refractivity contribution in [1.82, 2.24) is 4.90 Å². The number of hydrogen-bond donors (Lipinski definition) is 1. The summed E-state index contributed by atoms with van der Waals surface area (Å²) in [5, 5.41) is 0.459. The molecule has 4 nitrogen and oxygen atoms in total. The molecule has 2 unspecified atom stereocenters. The highest BCUT2D eigenvalue weighted by Gasteiger charge is 2.28. The second-order valence-corrected chi connectivity index (χ2v) is 7.15. The van der Waals surface area contributed by atoms with Gasteiger partial charge in [0.15, 0.2) is 0 Å². The number of nitrogens with two attached hydrogens (primary N) is 1. The van der Waals surface area contributed by atoms with E-state index in [0.717, 1.165) is 12.8 Å². The molecule has 0 radical (unpaired) electrons. The molecular formula is C20H23Cl2FN2O2. The Kier molecular flexibility index (Phi) is 7.48. The fraction of sp³-hybridized carbons (Fsp3) is 0.350. The molecular weight excluding hydrogens is 390 g/mol. The number of benzene rings is 2. The molecule has 1 saturated heterocycles. The van der Waals surface area contributed by atoms with Crippen molar-refractivity contribution in [2.24, 2.45) is 11.7 Å². The molecule has 1 aliphatic rings. The normalized spacial score (nSPS) is 17.8. The van der Waals surface area contributed by atoms with Crippen LogP contribution in [0.5, 0.6) is 11.5 Å². The van der Waals surface area contributed by atoms with Gasteiger partial charge in [-0.25, -0.2) is 4.39 Å². The molecule has 1 aliphatic heterocycles. The third kappa shape index (κ3) is 5.34. The maximum Gasteiger partial charge on any atom is 0.257 e. The average Bonchev–Trinajstić information content (AvgIpc) is 2.64. The van der Waals surface area contributed by atoms with E-state index in [1.54, 1.807) is 23.1 Å². The first-order valence-electron chi connectivity index (χ1n) is 8.72. The standard InChI is InChI=1S/C20H22ClFN2O2.ClH/c1-13(23)14-3-2-10-24(12-14)20(25)18-11-15(21)4-9-19(18)26-17-7-5-16(22)6-8-17;/h4-9,11,13-14H,2-3,10,12,23H2,1H3;1H. The molecule has 2 N–H and O–H groups in total. The van der Waals surface area contributed by atoms with Crippen LogP contribution in [-0.2, 0) is 0 Å². The number of ether oxygens (including phenoxy) is 1. The van der Waals surface area contributed by atoms with E-state index in [1.165, 1.54) is 24.3 Å². The number of carbonyl (C=O) groups is 1. The van der Waals surface area contributed by atoms with E-state index < -0.39 is 0 Å². The third-order valence-corrected chi connectivity index (χ3v) is 4.94. The Hall–Kier alpha value is -1.82. The lowest BCUT2D eigenvalue weighted by atomic mass is 9.92. The zero-order chi connectivity index (χ0) is 18.7. The number of piperidine rings is 1. The van der Waals surface area contributed by atoms with Gasteiger partial charge in [0, 0.05) is 24.2 Å². The number of amides is 1. The van der Waals surface area contributed by atoms with Gasteiger partial charge in [-0.05, 0) is 68.1 Å². The van der Waals surface area contributed by atoms with Crippen molar-refractivity contribution in [2.75, 3.05) is 13.1 Å². The van der Waals surface area contributed by atoms with Crippen molar-refractivity contribution in [3.8, 4) is 11.5 Å². The van der Waals surface area contributed by atoms with E-state index in [9.17, 15) is 9.18 Å². The lowest BCUT2D eigenvalue weighted by molar-refractivity contribution is 0.0658. The van der Waals surface area contributed by atoms with E-state index in [4.69, 9.17) is 22.1 Å². The van der Waals surface area contributed by atoms with Crippen LogP contribution < -0.4 is 10.5 Å². The van der Waals surface area contributed by atoms with Crippen LogP contribution in [0, 0.1) is 11.7 Å². The topological polar surface area (TPSA) is 55.6 Å².